The van der Waals surface area contributed by atoms with Gasteiger partial charge in [0.05, 0.1) is 11.2 Å². The highest BCUT2D eigenvalue weighted by Crippen LogP contribution is 2.42. The summed E-state index contributed by atoms with van der Waals surface area (Å²) in [4.78, 5) is 0. The van der Waals surface area contributed by atoms with Gasteiger partial charge in [-0.2, -0.15) is 0 Å². The number of hydrogen-bond acceptors (Lipinski definition) is 8. The van der Waals surface area contributed by atoms with Gasteiger partial charge in [0.15, 0.2) is 11.6 Å². The number of rotatable bonds is 10. The van der Waals surface area contributed by atoms with Crippen LogP contribution in [-0.2, 0) is 28.4 Å². The first-order valence-corrected chi connectivity index (χ1v) is 11.3. The summed E-state index contributed by atoms with van der Waals surface area (Å²) in [5.41, 5.74) is 0. The van der Waals surface area contributed by atoms with Crippen molar-refractivity contribution >= 4 is 23.5 Å². The van der Waals surface area contributed by atoms with Crippen molar-refractivity contribution in [3.8, 4) is 0 Å². The molecule has 4 atom stereocenters. The fraction of sp³-hybridized carbons (Fsp3) is 1.00. The van der Waals surface area contributed by atoms with E-state index in [1.165, 1.54) is 0 Å². The summed E-state index contributed by atoms with van der Waals surface area (Å²) in [5.74, 6) is 0.744. The van der Waals surface area contributed by atoms with Crippen molar-refractivity contribution in [1.82, 2.24) is 0 Å². The molecule has 154 valence electrons. The molecule has 0 spiro atoms. The third kappa shape index (κ3) is 5.98. The molecule has 0 unspecified atom stereocenters. The van der Waals surface area contributed by atoms with Crippen molar-refractivity contribution < 1.29 is 28.4 Å². The molecule has 2 fully saturated rings. The highest BCUT2D eigenvalue weighted by Gasteiger charge is 2.53. The lowest BCUT2D eigenvalue weighted by atomic mass is 10.0. The largest absolute Gasteiger partial charge is 0.359 e. The standard InChI is InChI=1S/C18H34O6S2/c1-8-25-16(26-9-2)15-14(23-18(5,6)24-15)13(20-11-19-7)12-10-21-17(3,4)22-12/h12-16H,8-11H2,1-7H3/t12-,13+,14+,15-/m1/s1. The van der Waals surface area contributed by atoms with E-state index in [1.54, 1.807) is 7.11 Å². The molecule has 0 radical (unpaired) electrons. The third-order valence-electron chi connectivity index (χ3n) is 4.19. The van der Waals surface area contributed by atoms with Crippen LogP contribution in [0.3, 0.4) is 0 Å². The first-order valence-electron chi connectivity index (χ1n) is 9.24. The van der Waals surface area contributed by atoms with Crippen molar-refractivity contribution in [2.24, 2.45) is 0 Å². The van der Waals surface area contributed by atoms with Gasteiger partial charge in [0.1, 0.15) is 31.2 Å². The van der Waals surface area contributed by atoms with Gasteiger partial charge >= 0.3 is 0 Å². The van der Waals surface area contributed by atoms with Crippen LogP contribution in [0.25, 0.3) is 0 Å². The monoisotopic (exact) mass is 410 g/mol. The minimum Gasteiger partial charge on any atom is -0.359 e. The zero-order valence-corrected chi connectivity index (χ0v) is 18.6. The molecular weight excluding hydrogens is 376 g/mol. The normalized spacial score (nSPS) is 31.6. The van der Waals surface area contributed by atoms with E-state index in [2.05, 4.69) is 13.8 Å². The zero-order chi connectivity index (χ0) is 19.4. The van der Waals surface area contributed by atoms with E-state index < -0.39 is 11.6 Å². The van der Waals surface area contributed by atoms with Gasteiger partial charge in [0.2, 0.25) is 0 Å². The van der Waals surface area contributed by atoms with E-state index in [4.69, 9.17) is 28.4 Å². The minimum atomic E-state index is -0.667. The average molecular weight is 411 g/mol. The van der Waals surface area contributed by atoms with Gasteiger partial charge in [-0.15, -0.1) is 23.5 Å². The maximum atomic E-state index is 6.32. The first kappa shape index (κ1) is 22.7. The summed E-state index contributed by atoms with van der Waals surface area (Å²) < 4.78 is 35.9. The van der Waals surface area contributed by atoms with Crippen LogP contribution in [0.15, 0.2) is 0 Å². The number of methoxy groups -OCH3 is 1. The lowest BCUT2D eigenvalue weighted by molar-refractivity contribution is -0.204. The van der Waals surface area contributed by atoms with Crippen LogP contribution in [0.2, 0.25) is 0 Å². The number of thioether (sulfide) groups is 2. The van der Waals surface area contributed by atoms with E-state index in [9.17, 15) is 0 Å². The Hall–Kier alpha value is 0.460. The SMILES string of the molecule is CCSC(SCC)[C@@H]1OC(C)(C)O[C@H]1[C@@H](OCOC)[C@H]1COC(C)(C)O1. The average Bonchev–Trinajstić information content (AvgIpc) is 3.07. The van der Waals surface area contributed by atoms with Gasteiger partial charge in [0.25, 0.3) is 0 Å². The highest BCUT2D eigenvalue weighted by molar-refractivity contribution is 8.17. The van der Waals surface area contributed by atoms with Crippen molar-refractivity contribution in [2.75, 3.05) is 32.0 Å². The molecule has 2 aliphatic heterocycles. The quantitative estimate of drug-likeness (QED) is 0.508. The molecule has 0 amide bonds. The highest BCUT2D eigenvalue weighted by atomic mass is 32.2. The molecule has 0 bridgehead atoms. The third-order valence-corrected chi connectivity index (χ3v) is 6.87. The molecule has 0 aromatic carbocycles. The molecule has 2 aliphatic rings. The van der Waals surface area contributed by atoms with E-state index in [0.29, 0.717) is 6.61 Å². The van der Waals surface area contributed by atoms with Crippen molar-refractivity contribution in [2.45, 2.75) is 82.1 Å². The topological polar surface area (TPSA) is 55.4 Å². The van der Waals surface area contributed by atoms with Crippen LogP contribution in [0.1, 0.15) is 41.5 Å². The number of hydrogen-bond donors (Lipinski definition) is 0. The molecule has 0 aromatic rings. The molecular formula is C18H34O6S2. The molecule has 0 N–H and O–H groups in total. The second kappa shape index (κ2) is 9.78. The van der Waals surface area contributed by atoms with E-state index in [1.807, 2.05) is 51.2 Å². The first-order chi connectivity index (χ1) is 12.2. The second-order valence-corrected chi connectivity index (χ2v) is 10.4. The maximum Gasteiger partial charge on any atom is 0.163 e. The Morgan fingerprint density at radius 2 is 1.58 bits per heavy atom. The Kier molecular flexibility index (Phi) is 8.56. The van der Waals surface area contributed by atoms with Gasteiger partial charge < -0.3 is 28.4 Å². The fourth-order valence-corrected chi connectivity index (χ4v) is 5.94. The summed E-state index contributed by atoms with van der Waals surface area (Å²) in [6.45, 7) is 12.7. The van der Waals surface area contributed by atoms with Crippen LogP contribution < -0.4 is 0 Å². The summed E-state index contributed by atoms with van der Waals surface area (Å²) in [5, 5.41) is 0. The molecule has 26 heavy (non-hydrogen) atoms. The predicted molar refractivity (Wildman–Crippen MR) is 106 cm³/mol. The Morgan fingerprint density at radius 3 is 2.08 bits per heavy atom. The van der Waals surface area contributed by atoms with Crippen LogP contribution in [-0.4, -0.2) is 72.6 Å². The van der Waals surface area contributed by atoms with Crippen LogP contribution >= 0.6 is 23.5 Å². The Labute approximate surface area is 166 Å². The lowest BCUT2D eigenvalue weighted by Crippen LogP contribution is -2.49. The Morgan fingerprint density at radius 1 is 0.962 bits per heavy atom. The smallest absolute Gasteiger partial charge is 0.163 e. The van der Waals surface area contributed by atoms with E-state index in [0.717, 1.165) is 11.5 Å². The van der Waals surface area contributed by atoms with Crippen molar-refractivity contribution in [3.05, 3.63) is 0 Å². The van der Waals surface area contributed by atoms with Crippen LogP contribution in [0.4, 0.5) is 0 Å². The van der Waals surface area contributed by atoms with Gasteiger partial charge in [0, 0.05) is 7.11 Å². The van der Waals surface area contributed by atoms with Crippen molar-refractivity contribution in [1.29, 1.82) is 0 Å². The molecule has 2 heterocycles. The van der Waals surface area contributed by atoms with Gasteiger partial charge in [-0.05, 0) is 39.2 Å². The van der Waals surface area contributed by atoms with Gasteiger partial charge in [-0.1, -0.05) is 13.8 Å². The van der Waals surface area contributed by atoms with Gasteiger partial charge in [-0.25, -0.2) is 0 Å². The summed E-state index contributed by atoms with van der Waals surface area (Å²) in [6.07, 6.45) is -0.926. The Bertz CT molecular complexity index is 428. The molecule has 0 aliphatic carbocycles. The fourth-order valence-electron chi connectivity index (χ4n) is 3.29. The zero-order valence-electron chi connectivity index (χ0n) is 17.0. The second-order valence-electron chi connectivity index (χ2n) is 7.25. The molecule has 6 nitrogen and oxygen atoms in total. The predicted octanol–water partition coefficient (Wildman–Crippen LogP) is 3.48. The number of ether oxygens (including phenoxy) is 6. The lowest BCUT2D eigenvalue weighted by Gasteiger charge is -2.33. The minimum absolute atomic E-state index is 0.103. The Balaban J connectivity index is 2.23. The molecule has 0 aromatic heterocycles. The molecule has 2 rings (SSSR count). The van der Waals surface area contributed by atoms with E-state index in [-0.39, 0.29) is 35.8 Å². The molecule has 8 heteroatoms. The maximum absolute atomic E-state index is 6.32. The van der Waals surface area contributed by atoms with E-state index >= 15 is 0 Å². The van der Waals surface area contributed by atoms with Crippen LogP contribution in [0, 0.1) is 0 Å². The summed E-state index contributed by atoms with van der Waals surface area (Å²) in [7, 11) is 1.61. The molecule has 2 saturated heterocycles. The molecule has 0 saturated carbocycles. The summed E-state index contributed by atoms with van der Waals surface area (Å²) >= 11 is 3.77. The summed E-state index contributed by atoms with van der Waals surface area (Å²) in [6, 6.07) is 0. The van der Waals surface area contributed by atoms with Crippen molar-refractivity contribution in [3.63, 3.8) is 0 Å². The van der Waals surface area contributed by atoms with Crippen LogP contribution in [0.5, 0.6) is 0 Å². The van der Waals surface area contributed by atoms with Gasteiger partial charge in [-0.3, -0.25) is 0 Å².